The molecule has 1 nitrogen and oxygen atoms in total. The van der Waals surface area contributed by atoms with Gasteiger partial charge in [0.25, 0.3) is 0 Å². The van der Waals surface area contributed by atoms with Crippen LogP contribution in [-0.4, -0.2) is 22.8 Å². The first-order chi connectivity index (χ1) is 6.70. The smallest absolute Gasteiger partial charge is 0.0465 e. The lowest BCUT2D eigenvalue weighted by Gasteiger charge is -2.05. The van der Waals surface area contributed by atoms with E-state index in [4.69, 9.17) is 23.2 Å². The maximum atomic E-state index is 6.07. The standard InChI is InChI=1S/C10H10BrCl2N/c11-4-9-6-14(9)5-7-1-2-8(12)3-10(7)13/h1-3,9H,4-6H2/t9-,14?/m1/s1. The molecule has 1 saturated heterocycles. The van der Waals surface area contributed by atoms with E-state index in [1.807, 2.05) is 12.1 Å². The molecule has 0 aromatic heterocycles. The second kappa shape index (κ2) is 4.40. The molecule has 1 unspecified atom stereocenters. The molecule has 2 atom stereocenters. The summed E-state index contributed by atoms with van der Waals surface area (Å²) in [5.41, 5.74) is 1.15. The lowest BCUT2D eigenvalue weighted by atomic mass is 10.2. The third-order valence-electron chi connectivity index (χ3n) is 2.39. The Morgan fingerprint density at radius 3 is 2.79 bits per heavy atom. The second-order valence-electron chi connectivity index (χ2n) is 3.47. The number of benzene rings is 1. The fraction of sp³-hybridized carbons (Fsp3) is 0.400. The average molecular weight is 295 g/mol. The van der Waals surface area contributed by atoms with Gasteiger partial charge in [-0.1, -0.05) is 45.2 Å². The molecule has 0 saturated carbocycles. The van der Waals surface area contributed by atoms with Gasteiger partial charge in [0.15, 0.2) is 0 Å². The van der Waals surface area contributed by atoms with Gasteiger partial charge in [-0.15, -0.1) is 0 Å². The number of halogens is 3. The third kappa shape index (κ3) is 2.43. The van der Waals surface area contributed by atoms with Crippen molar-refractivity contribution in [1.29, 1.82) is 0 Å². The summed E-state index contributed by atoms with van der Waals surface area (Å²) in [5.74, 6) is 0. The van der Waals surface area contributed by atoms with Crippen LogP contribution in [0.5, 0.6) is 0 Å². The van der Waals surface area contributed by atoms with Gasteiger partial charge >= 0.3 is 0 Å². The number of nitrogens with zero attached hydrogens (tertiary/aromatic N) is 1. The maximum Gasteiger partial charge on any atom is 0.0465 e. The van der Waals surface area contributed by atoms with Crippen molar-refractivity contribution in [2.24, 2.45) is 0 Å². The van der Waals surface area contributed by atoms with Gasteiger partial charge in [-0.3, -0.25) is 4.90 Å². The van der Waals surface area contributed by atoms with E-state index in [1.165, 1.54) is 0 Å². The van der Waals surface area contributed by atoms with E-state index in [0.29, 0.717) is 11.1 Å². The van der Waals surface area contributed by atoms with E-state index < -0.39 is 0 Å². The van der Waals surface area contributed by atoms with Crippen LogP contribution in [-0.2, 0) is 6.54 Å². The minimum absolute atomic E-state index is 0.682. The Balaban J connectivity index is 2.03. The number of hydrogen-bond donors (Lipinski definition) is 0. The highest BCUT2D eigenvalue weighted by Gasteiger charge is 2.32. The third-order valence-corrected chi connectivity index (χ3v) is 3.73. The molecule has 1 aliphatic heterocycles. The molecule has 0 radical (unpaired) electrons. The molecule has 1 aromatic rings. The molecule has 0 aliphatic carbocycles. The summed E-state index contributed by atoms with van der Waals surface area (Å²) in [7, 11) is 0. The van der Waals surface area contributed by atoms with Gasteiger partial charge in [0, 0.05) is 34.5 Å². The van der Waals surface area contributed by atoms with Crippen molar-refractivity contribution < 1.29 is 0 Å². The van der Waals surface area contributed by atoms with E-state index >= 15 is 0 Å². The summed E-state index contributed by atoms with van der Waals surface area (Å²) in [5, 5.41) is 2.50. The lowest BCUT2D eigenvalue weighted by Crippen LogP contribution is -2.03. The van der Waals surface area contributed by atoms with Gasteiger partial charge in [-0.25, -0.2) is 0 Å². The van der Waals surface area contributed by atoms with Crippen LogP contribution in [0.2, 0.25) is 10.0 Å². The highest BCUT2D eigenvalue weighted by Crippen LogP contribution is 2.27. The van der Waals surface area contributed by atoms with Crippen molar-refractivity contribution in [1.82, 2.24) is 4.90 Å². The van der Waals surface area contributed by atoms with E-state index in [1.54, 1.807) is 6.07 Å². The minimum atomic E-state index is 0.682. The summed E-state index contributed by atoms with van der Waals surface area (Å²) >= 11 is 15.4. The zero-order chi connectivity index (χ0) is 10.1. The molecular formula is C10H10BrCl2N. The first kappa shape index (κ1) is 10.7. The van der Waals surface area contributed by atoms with Gasteiger partial charge in [0.1, 0.15) is 0 Å². The van der Waals surface area contributed by atoms with E-state index in [0.717, 1.165) is 29.0 Å². The molecule has 1 aliphatic rings. The van der Waals surface area contributed by atoms with E-state index in [9.17, 15) is 0 Å². The molecule has 0 bridgehead atoms. The van der Waals surface area contributed by atoms with Crippen molar-refractivity contribution in [3.63, 3.8) is 0 Å². The van der Waals surface area contributed by atoms with Crippen LogP contribution in [0.3, 0.4) is 0 Å². The predicted octanol–water partition coefficient (Wildman–Crippen LogP) is 3.57. The van der Waals surface area contributed by atoms with Crippen LogP contribution in [0, 0.1) is 0 Å². The SMILES string of the molecule is Clc1ccc(CN2C[C@H]2CBr)c(Cl)c1. The summed E-state index contributed by atoms with van der Waals surface area (Å²) in [6.07, 6.45) is 0. The normalized spacial score (nSPS) is 25.1. The molecule has 76 valence electrons. The first-order valence-electron chi connectivity index (χ1n) is 4.44. The Bertz CT molecular complexity index is 343. The van der Waals surface area contributed by atoms with E-state index in [2.05, 4.69) is 20.8 Å². The van der Waals surface area contributed by atoms with Crippen LogP contribution < -0.4 is 0 Å². The van der Waals surface area contributed by atoms with Crippen LogP contribution in [0.4, 0.5) is 0 Å². The zero-order valence-corrected chi connectivity index (χ0v) is 10.6. The van der Waals surface area contributed by atoms with Gasteiger partial charge in [0.05, 0.1) is 0 Å². The van der Waals surface area contributed by atoms with Crippen LogP contribution in [0.1, 0.15) is 5.56 Å². The van der Waals surface area contributed by atoms with Gasteiger partial charge in [-0.05, 0) is 17.7 Å². The van der Waals surface area contributed by atoms with Gasteiger partial charge < -0.3 is 0 Å². The Morgan fingerprint density at radius 1 is 1.43 bits per heavy atom. The second-order valence-corrected chi connectivity index (χ2v) is 4.96. The Labute approximate surface area is 102 Å². The van der Waals surface area contributed by atoms with Crippen molar-refractivity contribution >= 4 is 39.1 Å². The summed E-state index contributed by atoms with van der Waals surface area (Å²) in [6, 6.07) is 6.36. The van der Waals surface area contributed by atoms with Crippen LogP contribution >= 0.6 is 39.1 Å². The Kier molecular flexibility index (Phi) is 3.38. The highest BCUT2D eigenvalue weighted by molar-refractivity contribution is 9.09. The summed E-state index contributed by atoms with van der Waals surface area (Å²) in [6.45, 7) is 2.08. The first-order valence-corrected chi connectivity index (χ1v) is 6.32. The monoisotopic (exact) mass is 293 g/mol. The molecule has 1 heterocycles. The van der Waals surface area contributed by atoms with Crippen LogP contribution in [0.25, 0.3) is 0 Å². The van der Waals surface area contributed by atoms with Crippen LogP contribution in [0.15, 0.2) is 18.2 Å². The van der Waals surface area contributed by atoms with Crippen molar-refractivity contribution in [3.8, 4) is 0 Å². The van der Waals surface area contributed by atoms with Gasteiger partial charge in [0.2, 0.25) is 0 Å². The number of hydrogen-bond acceptors (Lipinski definition) is 1. The molecule has 1 fully saturated rings. The Morgan fingerprint density at radius 2 is 2.21 bits per heavy atom. The lowest BCUT2D eigenvalue weighted by molar-refractivity contribution is 0.518. The number of alkyl halides is 1. The molecule has 14 heavy (non-hydrogen) atoms. The fourth-order valence-corrected chi connectivity index (χ4v) is 2.51. The van der Waals surface area contributed by atoms with E-state index in [-0.39, 0.29) is 0 Å². The van der Waals surface area contributed by atoms with Crippen molar-refractivity contribution in [2.75, 3.05) is 11.9 Å². The quantitative estimate of drug-likeness (QED) is 0.608. The molecule has 1 aromatic carbocycles. The fourth-order valence-electron chi connectivity index (χ4n) is 1.43. The summed E-state index contributed by atoms with van der Waals surface area (Å²) in [4.78, 5) is 2.36. The molecule has 4 heteroatoms. The van der Waals surface area contributed by atoms with Gasteiger partial charge in [-0.2, -0.15) is 0 Å². The molecule has 2 rings (SSSR count). The van der Waals surface area contributed by atoms with Crippen molar-refractivity contribution in [3.05, 3.63) is 33.8 Å². The maximum absolute atomic E-state index is 6.07. The predicted molar refractivity (Wildman–Crippen MR) is 64.5 cm³/mol. The summed E-state index contributed by atoms with van der Waals surface area (Å²) < 4.78 is 0. The average Bonchev–Trinajstić information content (AvgIpc) is 2.89. The molecular weight excluding hydrogens is 285 g/mol. The molecule has 0 N–H and O–H groups in total. The number of rotatable bonds is 3. The topological polar surface area (TPSA) is 3.01 Å². The molecule has 0 amide bonds. The van der Waals surface area contributed by atoms with Crippen molar-refractivity contribution in [2.45, 2.75) is 12.6 Å². The Hall–Kier alpha value is 0.240. The highest BCUT2D eigenvalue weighted by atomic mass is 79.9. The minimum Gasteiger partial charge on any atom is -0.292 e. The zero-order valence-electron chi connectivity index (χ0n) is 7.51. The molecule has 0 spiro atoms. The largest absolute Gasteiger partial charge is 0.292 e.